The standard InChI is InChI=1S/C32H62NO8P/c1-6-7-8-9-10-11-12-13-14-15-16-17-18-19-20-21-22-23-24-25-32(35)41-31(28-38-30(2)34)29-40-42(36,37)39-27-26-33(3,4)5/h13-14,31H,6-12,15-29H2,1-5H3/p+1/b14-13-. The fourth-order valence-electron chi connectivity index (χ4n) is 4.26. The van der Waals surface area contributed by atoms with Crippen molar-refractivity contribution >= 4 is 19.8 Å². The van der Waals surface area contributed by atoms with Crippen LogP contribution in [0.2, 0.25) is 0 Å². The molecule has 2 unspecified atom stereocenters. The van der Waals surface area contributed by atoms with Crippen molar-refractivity contribution in [2.75, 3.05) is 47.5 Å². The van der Waals surface area contributed by atoms with Gasteiger partial charge in [0.25, 0.3) is 0 Å². The van der Waals surface area contributed by atoms with Crippen molar-refractivity contribution in [3.63, 3.8) is 0 Å². The number of hydrogen-bond acceptors (Lipinski definition) is 7. The van der Waals surface area contributed by atoms with E-state index in [-0.39, 0.29) is 19.6 Å². The smallest absolute Gasteiger partial charge is 0.462 e. The van der Waals surface area contributed by atoms with Gasteiger partial charge in [0, 0.05) is 13.3 Å². The Hall–Kier alpha value is -1.25. The van der Waals surface area contributed by atoms with Gasteiger partial charge in [-0.15, -0.1) is 0 Å². The highest BCUT2D eigenvalue weighted by Crippen LogP contribution is 2.43. The van der Waals surface area contributed by atoms with Crippen LogP contribution in [0.4, 0.5) is 0 Å². The molecule has 1 N–H and O–H groups in total. The monoisotopic (exact) mass is 620 g/mol. The second-order valence-corrected chi connectivity index (χ2v) is 13.7. The van der Waals surface area contributed by atoms with Gasteiger partial charge < -0.3 is 18.9 Å². The van der Waals surface area contributed by atoms with Gasteiger partial charge in [-0.2, -0.15) is 0 Å². The van der Waals surface area contributed by atoms with Gasteiger partial charge in [0.2, 0.25) is 0 Å². The van der Waals surface area contributed by atoms with Crippen molar-refractivity contribution in [2.24, 2.45) is 0 Å². The topological polar surface area (TPSA) is 108 Å². The van der Waals surface area contributed by atoms with Crippen LogP contribution in [0.1, 0.15) is 129 Å². The molecule has 0 aliphatic carbocycles. The predicted octanol–water partition coefficient (Wildman–Crippen LogP) is 7.90. The number of phosphoric ester groups is 1. The highest BCUT2D eigenvalue weighted by atomic mass is 31.2. The van der Waals surface area contributed by atoms with Crippen molar-refractivity contribution in [2.45, 2.75) is 136 Å². The molecule has 0 bridgehead atoms. The summed E-state index contributed by atoms with van der Waals surface area (Å²) in [4.78, 5) is 33.4. The Balaban J connectivity index is 3.90. The lowest BCUT2D eigenvalue weighted by molar-refractivity contribution is -0.870. The summed E-state index contributed by atoms with van der Waals surface area (Å²) in [7, 11) is 1.47. The quantitative estimate of drug-likeness (QED) is 0.0296. The molecule has 0 rings (SSSR count). The Bertz CT molecular complexity index is 753. The lowest BCUT2D eigenvalue weighted by atomic mass is 10.1. The van der Waals surface area contributed by atoms with Gasteiger partial charge in [-0.05, 0) is 32.1 Å². The third-order valence-corrected chi connectivity index (χ3v) is 7.84. The van der Waals surface area contributed by atoms with Crippen LogP contribution < -0.4 is 0 Å². The number of ether oxygens (including phenoxy) is 2. The van der Waals surface area contributed by atoms with Crippen molar-refractivity contribution in [3.05, 3.63) is 12.2 Å². The third-order valence-electron chi connectivity index (χ3n) is 6.85. The Morgan fingerprint density at radius 1 is 0.762 bits per heavy atom. The fraction of sp³-hybridized carbons (Fsp3) is 0.875. The Kier molecular flexibility index (Phi) is 25.4. The Labute approximate surface area is 256 Å². The molecule has 0 amide bonds. The van der Waals surface area contributed by atoms with Gasteiger partial charge in [0.1, 0.15) is 19.8 Å². The van der Waals surface area contributed by atoms with E-state index < -0.39 is 32.5 Å². The van der Waals surface area contributed by atoms with Crippen molar-refractivity contribution in [3.8, 4) is 0 Å². The van der Waals surface area contributed by atoms with Crippen LogP contribution in [0.25, 0.3) is 0 Å². The number of allylic oxidation sites excluding steroid dienone is 2. The first kappa shape index (κ1) is 40.8. The zero-order chi connectivity index (χ0) is 31.5. The lowest BCUT2D eigenvalue weighted by Gasteiger charge is -2.24. The molecule has 9 nitrogen and oxygen atoms in total. The molecule has 0 radical (unpaired) electrons. The maximum atomic E-state index is 12.3. The largest absolute Gasteiger partial charge is 0.472 e. The van der Waals surface area contributed by atoms with E-state index >= 15 is 0 Å². The van der Waals surface area contributed by atoms with Gasteiger partial charge in [0.05, 0.1) is 27.7 Å². The predicted molar refractivity (Wildman–Crippen MR) is 169 cm³/mol. The second-order valence-electron chi connectivity index (χ2n) is 12.3. The number of carbonyl (C=O) groups is 2. The Morgan fingerprint density at radius 3 is 1.76 bits per heavy atom. The number of hydrogen-bond donors (Lipinski definition) is 1. The molecule has 0 aromatic carbocycles. The minimum absolute atomic E-state index is 0.0304. The first-order valence-electron chi connectivity index (χ1n) is 16.4. The molecule has 0 aromatic heterocycles. The van der Waals surface area contributed by atoms with E-state index in [1.807, 2.05) is 21.1 Å². The maximum absolute atomic E-state index is 12.3. The summed E-state index contributed by atoms with van der Waals surface area (Å²) in [6.45, 7) is 3.37. The number of esters is 2. The molecule has 0 aliphatic heterocycles. The number of quaternary nitrogens is 1. The van der Waals surface area contributed by atoms with E-state index in [4.69, 9.17) is 18.5 Å². The number of likely N-dealkylation sites (N-methyl/N-ethyl adjacent to an activating group) is 1. The van der Waals surface area contributed by atoms with E-state index in [9.17, 15) is 19.0 Å². The zero-order valence-corrected chi connectivity index (χ0v) is 28.4. The average Bonchev–Trinajstić information content (AvgIpc) is 2.90. The zero-order valence-electron chi connectivity index (χ0n) is 27.5. The summed E-state index contributed by atoms with van der Waals surface area (Å²) in [6.07, 6.45) is 24.8. The van der Waals surface area contributed by atoms with Crippen molar-refractivity contribution in [1.82, 2.24) is 0 Å². The molecule has 2 atom stereocenters. The number of phosphoric acid groups is 1. The summed E-state index contributed by atoms with van der Waals surface area (Å²) < 4.78 is 33.0. The van der Waals surface area contributed by atoms with Crippen LogP contribution >= 0.6 is 7.82 Å². The molecule has 248 valence electrons. The van der Waals surface area contributed by atoms with Gasteiger partial charge in [-0.3, -0.25) is 18.6 Å². The molecule has 0 aliphatic rings. The molecule has 42 heavy (non-hydrogen) atoms. The Morgan fingerprint density at radius 2 is 1.26 bits per heavy atom. The molecule has 0 spiro atoms. The van der Waals surface area contributed by atoms with Crippen LogP contribution in [0.5, 0.6) is 0 Å². The molecule has 0 fully saturated rings. The van der Waals surface area contributed by atoms with Crippen LogP contribution in [-0.4, -0.2) is 74.9 Å². The number of rotatable bonds is 29. The van der Waals surface area contributed by atoms with E-state index in [2.05, 4.69) is 19.1 Å². The molecular weight excluding hydrogens is 557 g/mol. The summed E-state index contributed by atoms with van der Waals surface area (Å²) >= 11 is 0. The summed E-state index contributed by atoms with van der Waals surface area (Å²) in [5.41, 5.74) is 0. The van der Waals surface area contributed by atoms with E-state index in [1.165, 1.54) is 90.4 Å². The molecular formula is C32H63NO8P+. The second kappa shape index (κ2) is 26.2. The van der Waals surface area contributed by atoms with Crippen LogP contribution in [0.15, 0.2) is 12.2 Å². The first-order chi connectivity index (χ1) is 19.9. The third kappa shape index (κ3) is 30.2. The van der Waals surface area contributed by atoms with Crippen LogP contribution in [0, 0.1) is 0 Å². The molecule has 0 saturated carbocycles. The molecule has 10 heteroatoms. The average molecular weight is 621 g/mol. The van der Waals surface area contributed by atoms with E-state index in [1.54, 1.807) is 0 Å². The van der Waals surface area contributed by atoms with Crippen LogP contribution in [-0.2, 0) is 32.7 Å². The number of unbranched alkanes of at least 4 members (excludes halogenated alkanes) is 15. The summed E-state index contributed by atoms with van der Waals surface area (Å²) in [5.74, 6) is -0.992. The van der Waals surface area contributed by atoms with Crippen LogP contribution in [0.3, 0.4) is 0 Å². The summed E-state index contributed by atoms with van der Waals surface area (Å²) in [6, 6.07) is 0. The van der Waals surface area contributed by atoms with Gasteiger partial charge in [0.15, 0.2) is 6.10 Å². The van der Waals surface area contributed by atoms with Gasteiger partial charge >= 0.3 is 19.8 Å². The highest BCUT2D eigenvalue weighted by molar-refractivity contribution is 7.47. The molecule has 0 saturated heterocycles. The molecule has 0 heterocycles. The maximum Gasteiger partial charge on any atom is 0.472 e. The van der Waals surface area contributed by atoms with Crippen molar-refractivity contribution < 1.29 is 42.1 Å². The highest BCUT2D eigenvalue weighted by Gasteiger charge is 2.26. The SMILES string of the molecule is CCCCCCCC/C=C\CCCCCCCCCCCC(=O)OC(COC(C)=O)COP(=O)(O)OCC[N+](C)(C)C. The number of carbonyl (C=O) groups excluding carboxylic acids is 2. The minimum Gasteiger partial charge on any atom is -0.462 e. The number of nitrogens with zero attached hydrogens (tertiary/aromatic N) is 1. The van der Waals surface area contributed by atoms with Gasteiger partial charge in [-0.25, -0.2) is 4.57 Å². The first-order valence-corrected chi connectivity index (χ1v) is 17.8. The molecule has 0 aromatic rings. The van der Waals surface area contributed by atoms with Crippen molar-refractivity contribution in [1.29, 1.82) is 0 Å². The minimum atomic E-state index is -4.33. The van der Waals surface area contributed by atoms with E-state index in [0.717, 1.165) is 19.3 Å². The van der Waals surface area contributed by atoms with Gasteiger partial charge in [-0.1, -0.05) is 96.1 Å². The normalized spacial score (nSPS) is 14.1. The fourth-order valence-corrected chi connectivity index (χ4v) is 5.00. The summed E-state index contributed by atoms with van der Waals surface area (Å²) in [5, 5.41) is 0. The van der Waals surface area contributed by atoms with E-state index in [0.29, 0.717) is 17.4 Å². The lowest BCUT2D eigenvalue weighted by Crippen LogP contribution is -2.37.